The molecule has 1 saturated carbocycles. The monoisotopic (exact) mass is 476 g/mol. The van der Waals surface area contributed by atoms with Gasteiger partial charge in [0.15, 0.2) is 5.78 Å². The standard InChI is InChI=1S/C31H28N2O3/c1-17-8-10-23-22(14-17)26-28-27(20-6-4-5-7-21(20)30(26)36-31(23,2)3)33-25-15-18(9-11-24(25)32-28)29(34)19-12-13-35-16-19/h4-7,9,11-13,15-17,22-23H,8,10,14H2,1-3H3/t17-,22-,23-/m0/s1. The predicted octanol–water partition coefficient (Wildman–Crippen LogP) is 7.45. The lowest BCUT2D eigenvalue weighted by molar-refractivity contribution is -0.0115. The Kier molecular flexibility index (Phi) is 4.57. The van der Waals surface area contributed by atoms with Gasteiger partial charge < -0.3 is 9.15 Å². The number of ether oxygens (including phenoxy) is 1. The summed E-state index contributed by atoms with van der Waals surface area (Å²) in [4.78, 5) is 23.3. The number of hydrogen-bond donors (Lipinski definition) is 0. The van der Waals surface area contributed by atoms with Crippen LogP contribution in [0.3, 0.4) is 0 Å². The second-order valence-electron chi connectivity index (χ2n) is 11.1. The van der Waals surface area contributed by atoms with E-state index in [4.69, 9.17) is 19.1 Å². The van der Waals surface area contributed by atoms with Crippen molar-refractivity contribution in [1.29, 1.82) is 0 Å². The third-order valence-corrected chi connectivity index (χ3v) is 8.38. The van der Waals surface area contributed by atoms with Crippen LogP contribution in [-0.2, 0) is 0 Å². The van der Waals surface area contributed by atoms with Gasteiger partial charge in [-0.1, -0.05) is 37.6 Å². The van der Waals surface area contributed by atoms with E-state index in [0.29, 0.717) is 34.4 Å². The van der Waals surface area contributed by atoms with Crippen molar-refractivity contribution in [1.82, 2.24) is 9.97 Å². The molecule has 3 atom stereocenters. The normalized spacial score (nSPS) is 22.8. The molecule has 0 radical (unpaired) electrons. The first-order valence-corrected chi connectivity index (χ1v) is 12.8. The number of aromatic nitrogens is 2. The molecule has 5 nitrogen and oxygen atoms in total. The zero-order valence-electron chi connectivity index (χ0n) is 20.7. The minimum atomic E-state index is -0.235. The molecule has 0 bridgehead atoms. The minimum Gasteiger partial charge on any atom is -0.487 e. The van der Waals surface area contributed by atoms with Gasteiger partial charge in [-0.2, -0.15) is 0 Å². The van der Waals surface area contributed by atoms with E-state index in [0.717, 1.165) is 45.9 Å². The van der Waals surface area contributed by atoms with Crippen LogP contribution in [0.2, 0.25) is 0 Å². The largest absolute Gasteiger partial charge is 0.487 e. The van der Waals surface area contributed by atoms with Gasteiger partial charge in [-0.3, -0.25) is 4.79 Å². The van der Waals surface area contributed by atoms with Crippen molar-refractivity contribution < 1.29 is 13.9 Å². The van der Waals surface area contributed by atoms with E-state index >= 15 is 0 Å². The molecule has 7 rings (SSSR count). The number of carbonyl (C=O) groups excluding carboxylic acids is 1. The Morgan fingerprint density at radius 1 is 0.944 bits per heavy atom. The number of benzene rings is 3. The number of furan rings is 1. The summed E-state index contributed by atoms with van der Waals surface area (Å²) in [6, 6.07) is 15.6. The molecule has 3 aromatic carbocycles. The zero-order valence-corrected chi connectivity index (χ0v) is 20.7. The van der Waals surface area contributed by atoms with Crippen LogP contribution in [0, 0.1) is 11.8 Å². The average Bonchev–Trinajstić information content (AvgIpc) is 3.42. The highest BCUT2D eigenvalue weighted by atomic mass is 16.5. The van der Waals surface area contributed by atoms with Crippen LogP contribution in [0.1, 0.15) is 67.4 Å². The minimum absolute atomic E-state index is 0.0856. The number of hydrogen-bond acceptors (Lipinski definition) is 5. The Balaban J connectivity index is 1.52. The quantitative estimate of drug-likeness (QED) is 0.150. The summed E-state index contributed by atoms with van der Waals surface area (Å²) >= 11 is 0. The molecule has 1 aliphatic heterocycles. The van der Waals surface area contributed by atoms with Crippen molar-refractivity contribution in [3.8, 4) is 5.75 Å². The highest BCUT2D eigenvalue weighted by Gasteiger charge is 2.47. The van der Waals surface area contributed by atoms with Gasteiger partial charge in [0.05, 0.1) is 33.9 Å². The van der Waals surface area contributed by atoms with Gasteiger partial charge in [0.25, 0.3) is 0 Å². The number of carbonyl (C=O) groups is 1. The first-order chi connectivity index (χ1) is 17.4. The molecule has 0 saturated heterocycles. The Bertz CT molecular complexity index is 1670. The summed E-state index contributed by atoms with van der Waals surface area (Å²) in [5.74, 6) is 2.38. The van der Waals surface area contributed by atoms with E-state index in [9.17, 15) is 4.79 Å². The molecular weight excluding hydrogens is 448 g/mol. The molecule has 1 fully saturated rings. The van der Waals surface area contributed by atoms with Gasteiger partial charge in [0.2, 0.25) is 0 Å². The number of ketones is 1. The number of fused-ring (bicyclic) bond motifs is 9. The molecule has 5 aromatic rings. The van der Waals surface area contributed by atoms with E-state index < -0.39 is 0 Å². The van der Waals surface area contributed by atoms with Crippen LogP contribution in [0.5, 0.6) is 5.75 Å². The Morgan fingerprint density at radius 3 is 2.56 bits per heavy atom. The second-order valence-corrected chi connectivity index (χ2v) is 11.1. The van der Waals surface area contributed by atoms with Crippen molar-refractivity contribution in [3.63, 3.8) is 0 Å². The Labute approximate surface area is 209 Å². The molecule has 3 heterocycles. The van der Waals surface area contributed by atoms with E-state index in [2.05, 4.69) is 39.0 Å². The summed E-state index contributed by atoms with van der Waals surface area (Å²) in [5.41, 5.74) is 5.40. The SMILES string of the molecule is C[C@H]1CC[C@H]2[C@H](C1)c1c(c3ccccc3c3nc4cc(C(=O)c5ccoc5)ccc4nc13)OC2(C)C. The van der Waals surface area contributed by atoms with Gasteiger partial charge in [-0.15, -0.1) is 0 Å². The zero-order chi connectivity index (χ0) is 24.6. The predicted molar refractivity (Wildman–Crippen MR) is 141 cm³/mol. The van der Waals surface area contributed by atoms with Gasteiger partial charge >= 0.3 is 0 Å². The molecule has 1 aliphatic carbocycles. The summed E-state index contributed by atoms with van der Waals surface area (Å²) in [6.07, 6.45) is 6.51. The number of nitrogens with zero attached hydrogens (tertiary/aromatic N) is 2. The van der Waals surface area contributed by atoms with Crippen molar-refractivity contribution in [3.05, 3.63) is 77.7 Å². The summed E-state index contributed by atoms with van der Waals surface area (Å²) in [7, 11) is 0. The average molecular weight is 477 g/mol. The molecule has 0 unspecified atom stereocenters. The molecule has 0 N–H and O–H groups in total. The summed E-state index contributed by atoms with van der Waals surface area (Å²) in [5, 5.41) is 2.12. The smallest absolute Gasteiger partial charge is 0.196 e. The van der Waals surface area contributed by atoms with Gasteiger partial charge in [0, 0.05) is 27.8 Å². The first-order valence-electron chi connectivity index (χ1n) is 12.8. The molecule has 2 aliphatic rings. The van der Waals surface area contributed by atoms with E-state index in [1.807, 2.05) is 24.3 Å². The van der Waals surface area contributed by atoms with Crippen molar-refractivity contribution in [2.75, 3.05) is 0 Å². The fourth-order valence-corrected chi connectivity index (χ4v) is 6.60. The first kappa shape index (κ1) is 21.5. The van der Waals surface area contributed by atoms with Gasteiger partial charge in [-0.25, -0.2) is 9.97 Å². The van der Waals surface area contributed by atoms with E-state index in [1.54, 1.807) is 6.07 Å². The molecule has 180 valence electrons. The van der Waals surface area contributed by atoms with Crippen molar-refractivity contribution in [2.45, 2.75) is 51.6 Å². The maximum absolute atomic E-state index is 12.9. The molecular formula is C31H28N2O3. The lowest BCUT2D eigenvalue weighted by atomic mass is 9.64. The Hall–Kier alpha value is -3.73. The molecule has 0 spiro atoms. The van der Waals surface area contributed by atoms with Crippen molar-refractivity contribution >= 4 is 38.6 Å². The second kappa shape index (κ2) is 7.63. The van der Waals surface area contributed by atoms with Crippen LogP contribution < -0.4 is 4.74 Å². The topological polar surface area (TPSA) is 65.2 Å². The lowest BCUT2D eigenvalue weighted by Gasteiger charge is -2.49. The van der Waals surface area contributed by atoms with Gasteiger partial charge in [-0.05, 0) is 62.8 Å². The van der Waals surface area contributed by atoms with Crippen LogP contribution in [0.4, 0.5) is 0 Å². The highest BCUT2D eigenvalue weighted by molar-refractivity contribution is 6.13. The molecule has 36 heavy (non-hydrogen) atoms. The molecule has 5 heteroatoms. The van der Waals surface area contributed by atoms with E-state index in [1.165, 1.54) is 24.5 Å². The van der Waals surface area contributed by atoms with Crippen LogP contribution in [-0.4, -0.2) is 21.4 Å². The van der Waals surface area contributed by atoms with Crippen LogP contribution >= 0.6 is 0 Å². The fourth-order valence-electron chi connectivity index (χ4n) is 6.60. The summed E-state index contributed by atoms with van der Waals surface area (Å²) < 4.78 is 11.9. The maximum atomic E-state index is 12.9. The van der Waals surface area contributed by atoms with Gasteiger partial charge in [0.1, 0.15) is 17.6 Å². The third-order valence-electron chi connectivity index (χ3n) is 8.38. The molecule has 0 amide bonds. The van der Waals surface area contributed by atoms with Crippen molar-refractivity contribution in [2.24, 2.45) is 11.8 Å². The highest BCUT2D eigenvalue weighted by Crippen LogP contribution is 2.56. The fraction of sp³-hybridized carbons (Fsp3) is 0.323. The third kappa shape index (κ3) is 3.11. The lowest BCUT2D eigenvalue weighted by Crippen LogP contribution is -2.46. The van der Waals surface area contributed by atoms with Crippen LogP contribution in [0.25, 0.3) is 32.8 Å². The molecule has 2 aromatic heterocycles. The number of rotatable bonds is 2. The van der Waals surface area contributed by atoms with Crippen LogP contribution in [0.15, 0.2) is 65.5 Å². The Morgan fingerprint density at radius 2 is 1.75 bits per heavy atom. The maximum Gasteiger partial charge on any atom is 0.196 e. The van der Waals surface area contributed by atoms with E-state index in [-0.39, 0.29) is 11.4 Å². The summed E-state index contributed by atoms with van der Waals surface area (Å²) in [6.45, 7) is 6.85.